The van der Waals surface area contributed by atoms with Gasteiger partial charge in [0, 0.05) is 18.8 Å². The zero-order valence-electron chi connectivity index (χ0n) is 12.2. The van der Waals surface area contributed by atoms with Crippen molar-refractivity contribution in [1.82, 2.24) is 10.3 Å². The summed E-state index contributed by atoms with van der Waals surface area (Å²) in [6, 6.07) is 3.34. The first-order valence-corrected chi connectivity index (χ1v) is 6.27. The molecule has 0 aliphatic rings. The van der Waals surface area contributed by atoms with Gasteiger partial charge < -0.3 is 14.8 Å². The second-order valence-corrected chi connectivity index (χ2v) is 5.34. The molecule has 1 rings (SSSR count). The number of aromatic nitrogens is 1. The number of carbonyl (C=O) groups excluding carboxylic acids is 1. The quantitative estimate of drug-likeness (QED) is 0.825. The number of ether oxygens (including phenoxy) is 2. The van der Waals surface area contributed by atoms with Crippen LogP contribution in [0.25, 0.3) is 0 Å². The largest absolute Gasteiger partial charge is 0.481 e. The number of hydrogen-bond donors (Lipinski definition) is 1. The van der Waals surface area contributed by atoms with Gasteiger partial charge in [-0.25, -0.2) is 4.98 Å². The first-order chi connectivity index (χ1) is 8.81. The van der Waals surface area contributed by atoms with E-state index in [-0.39, 0.29) is 12.0 Å². The molecule has 1 heterocycles. The zero-order chi connectivity index (χ0) is 14.5. The monoisotopic (exact) mass is 266 g/mol. The Kier molecular flexibility index (Phi) is 5.30. The van der Waals surface area contributed by atoms with Crippen LogP contribution in [0.1, 0.15) is 33.3 Å². The van der Waals surface area contributed by atoms with Crippen molar-refractivity contribution >= 4 is 5.97 Å². The molecule has 0 fully saturated rings. The average Bonchev–Trinajstić information content (AvgIpc) is 2.34. The Balaban J connectivity index is 2.49. The molecule has 0 bridgehead atoms. The number of esters is 1. The molecule has 0 saturated carbocycles. The maximum absolute atomic E-state index is 11.8. The highest BCUT2D eigenvalue weighted by Crippen LogP contribution is 2.10. The Labute approximate surface area is 114 Å². The van der Waals surface area contributed by atoms with E-state index in [0.29, 0.717) is 12.4 Å². The molecule has 1 unspecified atom stereocenters. The van der Waals surface area contributed by atoms with Crippen LogP contribution in [0.15, 0.2) is 18.3 Å². The van der Waals surface area contributed by atoms with E-state index in [1.54, 1.807) is 20.2 Å². The lowest BCUT2D eigenvalue weighted by Gasteiger charge is -2.22. The van der Waals surface area contributed by atoms with Crippen LogP contribution in [-0.2, 0) is 16.1 Å². The lowest BCUT2D eigenvalue weighted by atomic mass is 10.2. The highest BCUT2D eigenvalue weighted by atomic mass is 16.6. The van der Waals surface area contributed by atoms with Gasteiger partial charge in [-0.3, -0.25) is 4.79 Å². The summed E-state index contributed by atoms with van der Waals surface area (Å²) < 4.78 is 10.3. The second kappa shape index (κ2) is 6.52. The molecule has 19 heavy (non-hydrogen) atoms. The van der Waals surface area contributed by atoms with Crippen molar-refractivity contribution in [2.24, 2.45) is 0 Å². The first-order valence-electron chi connectivity index (χ1n) is 6.27. The molecular formula is C14H22N2O3. The fourth-order valence-electron chi connectivity index (χ4n) is 1.42. The normalized spacial score (nSPS) is 12.9. The molecule has 1 atom stereocenters. The standard InChI is InChI=1S/C14H22N2O3/c1-10(13(17)19-14(2,3)4)16-9-11-6-7-15-12(8-11)18-5/h6-8,10,16H,9H2,1-5H3. The van der Waals surface area contributed by atoms with Crippen molar-refractivity contribution in [2.45, 2.75) is 45.9 Å². The summed E-state index contributed by atoms with van der Waals surface area (Å²) in [6.45, 7) is 7.90. The highest BCUT2D eigenvalue weighted by Gasteiger charge is 2.21. The minimum absolute atomic E-state index is 0.256. The van der Waals surface area contributed by atoms with Gasteiger partial charge in [0.2, 0.25) is 5.88 Å². The van der Waals surface area contributed by atoms with Gasteiger partial charge in [0.15, 0.2) is 0 Å². The van der Waals surface area contributed by atoms with Crippen molar-refractivity contribution in [3.63, 3.8) is 0 Å². The van der Waals surface area contributed by atoms with Gasteiger partial charge in [-0.1, -0.05) is 0 Å². The molecule has 0 spiro atoms. The number of hydrogen-bond acceptors (Lipinski definition) is 5. The van der Waals surface area contributed by atoms with E-state index < -0.39 is 5.60 Å². The van der Waals surface area contributed by atoms with E-state index >= 15 is 0 Å². The Morgan fingerprint density at radius 3 is 2.74 bits per heavy atom. The fourth-order valence-corrected chi connectivity index (χ4v) is 1.42. The van der Waals surface area contributed by atoms with Gasteiger partial charge in [0.1, 0.15) is 11.6 Å². The molecule has 0 aromatic carbocycles. The summed E-state index contributed by atoms with van der Waals surface area (Å²) >= 11 is 0. The summed E-state index contributed by atoms with van der Waals surface area (Å²) in [5.41, 5.74) is 0.537. The van der Waals surface area contributed by atoms with Crippen LogP contribution in [0.5, 0.6) is 5.88 Å². The van der Waals surface area contributed by atoms with E-state index in [1.807, 2.05) is 32.9 Å². The van der Waals surface area contributed by atoms with Crippen molar-refractivity contribution < 1.29 is 14.3 Å². The van der Waals surface area contributed by atoms with Crippen molar-refractivity contribution in [1.29, 1.82) is 0 Å². The molecule has 0 amide bonds. The first kappa shape index (κ1) is 15.4. The Hall–Kier alpha value is -1.62. The Bertz CT molecular complexity index is 427. The van der Waals surface area contributed by atoms with E-state index in [9.17, 15) is 4.79 Å². The van der Waals surface area contributed by atoms with Crippen LogP contribution in [-0.4, -0.2) is 29.7 Å². The van der Waals surface area contributed by atoms with Gasteiger partial charge in [-0.05, 0) is 39.3 Å². The number of methoxy groups -OCH3 is 1. The van der Waals surface area contributed by atoms with E-state index in [2.05, 4.69) is 10.3 Å². The summed E-state index contributed by atoms with van der Waals surface area (Å²) in [5, 5.41) is 3.11. The lowest BCUT2D eigenvalue weighted by Crippen LogP contribution is -2.38. The maximum atomic E-state index is 11.8. The maximum Gasteiger partial charge on any atom is 0.323 e. The van der Waals surface area contributed by atoms with Crippen LogP contribution in [0.3, 0.4) is 0 Å². The van der Waals surface area contributed by atoms with Crippen LogP contribution in [0.2, 0.25) is 0 Å². The van der Waals surface area contributed by atoms with Crippen molar-refractivity contribution in [3.05, 3.63) is 23.9 Å². The van der Waals surface area contributed by atoms with Gasteiger partial charge in [-0.2, -0.15) is 0 Å². The molecule has 0 aliphatic heterocycles. The zero-order valence-corrected chi connectivity index (χ0v) is 12.2. The molecule has 1 N–H and O–H groups in total. The molecule has 1 aromatic rings. The second-order valence-electron chi connectivity index (χ2n) is 5.34. The van der Waals surface area contributed by atoms with E-state index in [0.717, 1.165) is 5.56 Å². The molecule has 106 valence electrons. The summed E-state index contributed by atoms with van der Waals surface area (Å²) in [5.74, 6) is 0.303. The minimum Gasteiger partial charge on any atom is -0.481 e. The summed E-state index contributed by atoms with van der Waals surface area (Å²) in [4.78, 5) is 15.8. The summed E-state index contributed by atoms with van der Waals surface area (Å²) in [7, 11) is 1.57. The lowest BCUT2D eigenvalue weighted by molar-refractivity contribution is -0.157. The smallest absolute Gasteiger partial charge is 0.323 e. The highest BCUT2D eigenvalue weighted by molar-refractivity contribution is 5.75. The number of pyridine rings is 1. The predicted octanol–water partition coefficient (Wildman–Crippen LogP) is 1.91. The predicted molar refractivity (Wildman–Crippen MR) is 72.9 cm³/mol. The van der Waals surface area contributed by atoms with Gasteiger partial charge in [0.25, 0.3) is 0 Å². The fraction of sp³-hybridized carbons (Fsp3) is 0.571. The minimum atomic E-state index is -0.465. The van der Waals surface area contributed by atoms with Gasteiger partial charge in [-0.15, -0.1) is 0 Å². The molecule has 0 aliphatic carbocycles. The Morgan fingerprint density at radius 2 is 2.16 bits per heavy atom. The Morgan fingerprint density at radius 1 is 1.47 bits per heavy atom. The molecule has 0 saturated heterocycles. The SMILES string of the molecule is COc1cc(CNC(C)C(=O)OC(C)(C)C)ccn1. The van der Waals surface area contributed by atoms with Gasteiger partial charge in [0.05, 0.1) is 7.11 Å². The van der Waals surface area contributed by atoms with Crippen LogP contribution < -0.4 is 10.1 Å². The van der Waals surface area contributed by atoms with Crippen molar-refractivity contribution in [2.75, 3.05) is 7.11 Å². The molecule has 5 heteroatoms. The number of rotatable bonds is 5. The molecular weight excluding hydrogens is 244 g/mol. The van der Waals surface area contributed by atoms with Crippen LogP contribution >= 0.6 is 0 Å². The third kappa shape index (κ3) is 5.70. The topological polar surface area (TPSA) is 60.5 Å². The third-order valence-corrected chi connectivity index (χ3v) is 2.38. The molecule has 5 nitrogen and oxygen atoms in total. The summed E-state index contributed by atoms with van der Waals surface area (Å²) in [6.07, 6.45) is 1.67. The number of carbonyl (C=O) groups is 1. The van der Waals surface area contributed by atoms with Crippen LogP contribution in [0.4, 0.5) is 0 Å². The number of nitrogens with zero attached hydrogens (tertiary/aromatic N) is 1. The average molecular weight is 266 g/mol. The van der Waals surface area contributed by atoms with E-state index in [1.165, 1.54) is 0 Å². The van der Waals surface area contributed by atoms with Crippen LogP contribution in [0, 0.1) is 0 Å². The number of nitrogens with one attached hydrogen (secondary N) is 1. The van der Waals surface area contributed by atoms with Gasteiger partial charge >= 0.3 is 5.97 Å². The third-order valence-electron chi connectivity index (χ3n) is 2.38. The molecule has 0 radical (unpaired) electrons. The van der Waals surface area contributed by atoms with E-state index in [4.69, 9.17) is 9.47 Å². The molecule has 1 aromatic heterocycles. The van der Waals surface area contributed by atoms with Crippen molar-refractivity contribution in [3.8, 4) is 5.88 Å².